The number of rotatable bonds is 5. The minimum Gasteiger partial charge on any atom is -0.346 e. The lowest BCUT2D eigenvalue weighted by molar-refractivity contribution is 0.624. The number of aromatic amines is 1. The molecule has 1 aromatic carbocycles. The number of H-pyrrole nitrogens is 1. The van der Waals surface area contributed by atoms with Crippen molar-refractivity contribution in [2.24, 2.45) is 0 Å². The van der Waals surface area contributed by atoms with Gasteiger partial charge in [0.05, 0.1) is 6.20 Å². The van der Waals surface area contributed by atoms with Crippen LogP contribution in [0.2, 0.25) is 0 Å². The monoisotopic (exact) mass is 314 g/mol. The van der Waals surface area contributed by atoms with Gasteiger partial charge in [0.2, 0.25) is 0 Å². The normalized spacial score (nSPS) is 11.5. The summed E-state index contributed by atoms with van der Waals surface area (Å²) < 4.78 is 1.99. The van der Waals surface area contributed by atoms with E-state index in [0.29, 0.717) is 0 Å². The Morgan fingerprint density at radius 3 is 2.92 bits per heavy atom. The molecular weight excluding hydrogens is 296 g/mol. The number of nitrogens with one attached hydrogen (secondary N) is 1. The van der Waals surface area contributed by atoms with Gasteiger partial charge in [-0.05, 0) is 29.7 Å². The van der Waals surface area contributed by atoms with Crippen LogP contribution in [0.4, 0.5) is 0 Å². The second-order valence-corrected chi connectivity index (χ2v) is 5.69. The van der Waals surface area contributed by atoms with E-state index in [1.165, 1.54) is 5.56 Å². The first-order valence-electron chi connectivity index (χ1n) is 8.07. The zero-order chi connectivity index (χ0) is 16.2. The van der Waals surface area contributed by atoms with Gasteiger partial charge in [0.15, 0.2) is 0 Å². The topological polar surface area (TPSA) is 46.5 Å². The van der Waals surface area contributed by atoms with Crippen LogP contribution in [0.25, 0.3) is 28.2 Å². The molecule has 4 aromatic rings. The van der Waals surface area contributed by atoms with Gasteiger partial charge in [0.25, 0.3) is 0 Å². The molecule has 3 heterocycles. The summed E-state index contributed by atoms with van der Waals surface area (Å²) in [6.07, 6.45) is 13.0. The summed E-state index contributed by atoms with van der Waals surface area (Å²) in [5.74, 6) is 0. The van der Waals surface area contributed by atoms with Crippen LogP contribution in [0.3, 0.4) is 0 Å². The van der Waals surface area contributed by atoms with Crippen molar-refractivity contribution in [1.82, 2.24) is 19.7 Å². The summed E-state index contributed by atoms with van der Waals surface area (Å²) in [7, 11) is 0. The van der Waals surface area contributed by atoms with E-state index < -0.39 is 0 Å². The molecule has 24 heavy (non-hydrogen) atoms. The zero-order valence-corrected chi connectivity index (χ0v) is 13.3. The molecule has 0 unspecified atom stereocenters. The Labute approximate surface area is 140 Å². The fraction of sp³-hybridized carbons (Fsp3) is 0.100. The van der Waals surface area contributed by atoms with Gasteiger partial charge < -0.3 is 4.98 Å². The van der Waals surface area contributed by atoms with E-state index in [1.54, 1.807) is 0 Å². The van der Waals surface area contributed by atoms with Crippen molar-refractivity contribution >= 4 is 17.1 Å². The van der Waals surface area contributed by atoms with Crippen molar-refractivity contribution in [1.29, 1.82) is 0 Å². The van der Waals surface area contributed by atoms with Gasteiger partial charge >= 0.3 is 0 Å². The summed E-state index contributed by atoms with van der Waals surface area (Å²) in [5, 5.41) is 5.61. The van der Waals surface area contributed by atoms with E-state index >= 15 is 0 Å². The molecule has 0 spiro atoms. The Balaban J connectivity index is 1.45. The average Bonchev–Trinajstić information content (AvgIpc) is 3.28. The highest BCUT2D eigenvalue weighted by Crippen LogP contribution is 2.26. The van der Waals surface area contributed by atoms with Crippen molar-refractivity contribution in [3.05, 3.63) is 78.9 Å². The molecule has 0 atom stereocenters. The molecule has 0 radical (unpaired) electrons. The lowest BCUT2D eigenvalue weighted by atomic mass is 10.1. The molecule has 0 bridgehead atoms. The minimum absolute atomic E-state index is 0.866. The van der Waals surface area contributed by atoms with E-state index in [-0.39, 0.29) is 0 Å². The number of nitrogens with zero attached hydrogens (tertiary/aromatic N) is 3. The summed E-state index contributed by atoms with van der Waals surface area (Å²) in [4.78, 5) is 7.48. The van der Waals surface area contributed by atoms with Gasteiger partial charge in [-0.3, -0.25) is 4.68 Å². The van der Waals surface area contributed by atoms with Gasteiger partial charge in [-0.15, -0.1) is 0 Å². The number of benzene rings is 1. The third-order valence-electron chi connectivity index (χ3n) is 4.04. The maximum atomic E-state index is 4.48. The van der Waals surface area contributed by atoms with Crippen molar-refractivity contribution in [3.63, 3.8) is 0 Å². The number of allylic oxidation sites excluding steroid dienone is 1. The Bertz CT molecular complexity index is 963. The first-order chi connectivity index (χ1) is 11.9. The first-order valence-corrected chi connectivity index (χ1v) is 8.07. The van der Waals surface area contributed by atoms with Crippen molar-refractivity contribution in [2.75, 3.05) is 0 Å². The molecule has 4 nitrogen and oxygen atoms in total. The highest BCUT2D eigenvalue weighted by molar-refractivity contribution is 5.92. The van der Waals surface area contributed by atoms with E-state index in [4.69, 9.17) is 0 Å². The molecule has 4 heteroatoms. The van der Waals surface area contributed by atoms with Crippen LogP contribution in [0.1, 0.15) is 12.0 Å². The Hall–Kier alpha value is -3.14. The molecule has 0 saturated heterocycles. The predicted molar refractivity (Wildman–Crippen MR) is 97.4 cm³/mol. The quantitative estimate of drug-likeness (QED) is 0.588. The Kier molecular flexibility index (Phi) is 3.94. The smallest absolute Gasteiger partial charge is 0.137 e. The third kappa shape index (κ3) is 2.99. The summed E-state index contributed by atoms with van der Waals surface area (Å²) in [5.41, 5.74) is 4.41. The maximum absolute atomic E-state index is 4.48. The molecule has 3 aromatic heterocycles. The third-order valence-corrected chi connectivity index (χ3v) is 4.04. The highest BCUT2D eigenvalue weighted by atomic mass is 15.3. The highest BCUT2D eigenvalue weighted by Gasteiger charge is 2.07. The summed E-state index contributed by atoms with van der Waals surface area (Å²) in [6.45, 7) is 0.866. The second kappa shape index (κ2) is 6.54. The second-order valence-electron chi connectivity index (χ2n) is 5.69. The van der Waals surface area contributed by atoms with Crippen LogP contribution in [0, 0.1) is 0 Å². The molecule has 0 aliphatic heterocycles. The molecule has 0 aliphatic rings. The van der Waals surface area contributed by atoms with Crippen LogP contribution in [0.15, 0.2) is 73.3 Å². The van der Waals surface area contributed by atoms with Crippen molar-refractivity contribution in [3.8, 4) is 11.1 Å². The summed E-state index contributed by atoms with van der Waals surface area (Å²) in [6, 6.07) is 14.4. The van der Waals surface area contributed by atoms with E-state index in [2.05, 4.69) is 63.7 Å². The van der Waals surface area contributed by atoms with Crippen LogP contribution >= 0.6 is 0 Å². The van der Waals surface area contributed by atoms with Gasteiger partial charge in [-0.2, -0.15) is 5.10 Å². The molecular formula is C20H18N4. The van der Waals surface area contributed by atoms with Crippen molar-refractivity contribution < 1.29 is 0 Å². The van der Waals surface area contributed by atoms with E-state index in [0.717, 1.165) is 35.1 Å². The first kappa shape index (κ1) is 14.5. The standard InChI is InChI=1S/C20H18N4/c1-2-6-16(7-3-1)8-4-5-13-24-15-17(14-23-24)18-9-11-21-20-19(18)10-12-22-20/h1-4,6-12,14-15H,5,13H2,(H,21,22)/b8-4+. The molecule has 118 valence electrons. The zero-order valence-electron chi connectivity index (χ0n) is 13.3. The molecule has 0 aliphatic carbocycles. The Morgan fingerprint density at radius 2 is 2.00 bits per heavy atom. The van der Waals surface area contributed by atoms with Gasteiger partial charge in [0, 0.05) is 36.1 Å². The molecule has 4 rings (SSSR count). The molecule has 1 N–H and O–H groups in total. The number of hydrogen-bond donors (Lipinski definition) is 1. The average molecular weight is 314 g/mol. The van der Waals surface area contributed by atoms with Crippen LogP contribution in [-0.4, -0.2) is 19.7 Å². The fourth-order valence-corrected chi connectivity index (χ4v) is 2.83. The lowest BCUT2D eigenvalue weighted by Gasteiger charge is -1.99. The molecule has 0 saturated carbocycles. The maximum Gasteiger partial charge on any atom is 0.137 e. The minimum atomic E-state index is 0.866. The predicted octanol–water partition coefficient (Wildman–Crippen LogP) is 4.53. The summed E-state index contributed by atoms with van der Waals surface area (Å²) >= 11 is 0. The number of hydrogen-bond acceptors (Lipinski definition) is 2. The molecule has 0 fully saturated rings. The number of fused-ring (bicyclic) bond motifs is 1. The molecule has 0 amide bonds. The van der Waals surface area contributed by atoms with Gasteiger partial charge in [-0.25, -0.2) is 4.98 Å². The Morgan fingerprint density at radius 1 is 1.08 bits per heavy atom. The van der Waals surface area contributed by atoms with Gasteiger partial charge in [0.1, 0.15) is 5.65 Å². The van der Waals surface area contributed by atoms with Crippen LogP contribution in [-0.2, 0) is 6.54 Å². The van der Waals surface area contributed by atoms with Crippen LogP contribution in [0.5, 0.6) is 0 Å². The van der Waals surface area contributed by atoms with Gasteiger partial charge in [-0.1, -0.05) is 42.5 Å². The van der Waals surface area contributed by atoms with Crippen molar-refractivity contribution in [2.45, 2.75) is 13.0 Å². The number of aryl methyl sites for hydroxylation is 1. The number of pyridine rings is 1. The van der Waals surface area contributed by atoms with E-state index in [1.807, 2.05) is 35.4 Å². The fourth-order valence-electron chi connectivity index (χ4n) is 2.83. The lowest BCUT2D eigenvalue weighted by Crippen LogP contribution is -1.96. The SMILES string of the molecule is C(=C\c1ccccc1)/CCn1cc(-c2ccnc3[nH]ccc23)cn1. The largest absolute Gasteiger partial charge is 0.346 e. The van der Waals surface area contributed by atoms with E-state index in [9.17, 15) is 0 Å². The number of aromatic nitrogens is 4. The van der Waals surface area contributed by atoms with Crippen LogP contribution < -0.4 is 0 Å².